The summed E-state index contributed by atoms with van der Waals surface area (Å²) in [5.74, 6) is -0.199. The lowest BCUT2D eigenvalue weighted by atomic mass is 10.1. The van der Waals surface area contributed by atoms with Crippen molar-refractivity contribution in [2.24, 2.45) is 19.8 Å². The standard InChI is InChI=1S/C12H18N6O/c1-17-8-9(7-16-17)11(13)12(19)14-5-3-10-4-6-15-18(10)2/h4,6-8,11H,3,5,13H2,1-2H3,(H,14,19). The van der Waals surface area contributed by atoms with E-state index in [-0.39, 0.29) is 5.91 Å². The lowest BCUT2D eigenvalue weighted by Crippen LogP contribution is -2.35. The third-order valence-corrected chi connectivity index (χ3v) is 2.97. The van der Waals surface area contributed by atoms with Crippen molar-refractivity contribution in [2.45, 2.75) is 12.5 Å². The van der Waals surface area contributed by atoms with Crippen molar-refractivity contribution in [1.82, 2.24) is 24.9 Å². The fourth-order valence-electron chi connectivity index (χ4n) is 1.82. The first-order valence-corrected chi connectivity index (χ1v) is 6.06. The number of carbonyl (C=O) groups is 1. The molecule has 1 amide bonds. The molecule has 0 saturated carbocycles. The Hall–Kier alpha value is -2.15. The smallest absolute Gasteiger partial charge is 0.241 e. The van der Waals surface area contributed by atoms with Crippen LogP contribution in [-0.2, 0) is 25.3 Å². The molecule has 0 aromatic carbocycles. The zero-order valence-electron chi connectivity index (χ0n) is 11.1. The van der Waals surface area contributed by atoms with Gasteiger partial charge in [-0.25, -0.2) is 0 Å². The molecule has 1 unspecified atom stereocenters. The van der Waals surface area contributed by atoms with Crippen molar-refractivity contribution in [3.8, 4) is 0 Å². The molecule has 102 valence electrons. The summed E-state index contributed by atoms with van der Waals surface area (Å²) in [6.07, 6.45) is 5.80. The highest BCUT2D eigenvalue weighted by Gasteiger charge is 2.16. The van der Waals surface area contributed by atoms with E-state index in [1.54, 1.807) is 35.0 Å². The van der Waals surface area contributed by atoms with Crippen LogP contribution in [0.15, 0.2) is 24.7 Å². The van der Waals surface area contributed by atoms with Crippen LogP contribution in [0.5, 0.6) is 0 Å². The van der Waals surface area contributed by atoms with Crippen LogP contribution in [0, 0.1) is 0 Å². The van der Waals surface area contributed by atoms with Crippen molar-refractivity contribution in [3.63, 3.8) is 0 Å². The zero-order valence-corrected chi connectivity index (χ0v) is 11.1. The summed E-state index contributed by atoms with van der Waals surface area (Å²) in [6.45, 7) is 0.534. The molecule has 0 fully saturated rings. The maximum atomic E-state index is 11.9. The Kier molecular flexibility index (Phi) is 3.96. The highest BCUT2D eigenvalue weighted by Crippen LogP contribution is 2.08. The second kappa shape index (κ2) is 5.66. The predicted octanol–water partition coefficient (Wildman–Crippen LogP) is -0.488. The van der Waals surface area contributed by atoms with Gasteiger partial charge in [-0.15, -0.1) is 0 Å². The number of rotatable bonds is 5. The molecule has 7 nitrogen and oxygen atoms in total. The lowest BCUT2D eigenvalue weighted by Gasteiger charge is -2.10. The topological polar surface area (TPSA) is 90.8 Å². The van der Waals surface area contributed by atoms with E-state index in [1.165, 1.54) is 0 Å². The molecule has 0 aliphatic carbocycles. The van der Waals surface area contributed by atoms with Crippen molar-refractivity contribution in [1.29, 1.82) is 0 Å². The molecule has 2 aromatic rings. The number of hydrogen-bond donors (Lipinski definition) is 2. The molecule has 2 aromatic heterocycles. The fourth-order valence-corrected chi connectivity index (χ4v) is 1.82. The van der Waals surface area contributed by atoms with Gasteiger partial charge in [-0.3, -0.25) is 14.2 Å². The summed E-state index contributed by atoms with van der Waals surface area (Å²) in [7, 11) is 3.66. The van der Waals surface area contributed by atoms with Gasteiger partial charge >= 0.3 is 0 Å². The highest BCUT2D eigenvalue weighted by molar-refractivity contribution is 5.82. The molecule has 7 heteroatoms. The van der Waals surface area contributed by atoms with E-state index >= 15 is 0 Å². The van der Waals surface area contributed by atoms with Crippen LogP contribution in [0.1, 0.15) is 17.3 Å². The van der Waals surface area contributed by atoms with Gasteiger partial charge in [0.2, 0.25) is 5.91 Å². The third-order valence-electron chi connectivity index (χ3n) is 2.97. The summed E-state index contributed by atoms with van der Waals surface area (Å²) < 4.78 is 3.41. The van der Waals surface area contributed by atoms with E-state index in [2.05, 4.69) is 15.5 Å². The minimum atomic E-state index is -0.680. The summed E-state index contributed by atoms with van der Waals surface area (Å²) in [6, 6.07) is 1.24. The highest BCUT2D eigenvalue weighted by atomic mass is 16.2. The van der Waals surface area contributed by atoms with Crippen LogP contribution in [0.4, 0.5) is 0 Å². The number of aryl methyl sites for hydroxylation is 2. The van der Waals surface area contributed by atoms with E-state index in [4.69, 9.17) is 5.73 Å². The summed E-state index contributed by atoms with van der Waals surface area (Å²) >= 11 is 0. The van der Waals surface area contributed by atoms with Gasteiger partial charge in [-0.1, -0.05) is 0 Å². The van der Waals surface area contributed by atoms with E-state index in [1.807, 2.05) is 13.1 Å². The SMILES string of the molecule is Cn1cc(C(N)C(=O)NCCc2ccnn2C)cn1. The van der Waals surface area contributed by atoms with Crippen molar-refractivity contribution < 1.29 is 4.79 Å². The third kappa shape index (κ3) is 3.19. The second-order valence-electron chi connectivity index (χ2n) is 4.41. The maximum absolute atomic E-state index is 11.9. The fraction of sp³-hybridized carbons (Fsp3) is 0.417. The zero-order chi connectivity index (χ0) is 13.8. The first kappa shape index (κ1) is 13.3. The van der Waals surface area contributed by atoms with Crippen LogP contribution in [0.3, 0.4) is 0 Å². The molecule has 2 rings (SSSR count). The van der Waals surface area contributed by atoms with Crippen molar-refractivity contribution in [2.75, 3.05) is 6.54 Å². The summed E-state index contributed by atoms with van der Waals surface area (Å²) in [4.78, 5) is 11.9. The Balaban J connectivity index is 1.83. The Bertz CT molecular complexity index is 558. The molecule has 0 spiro atoms. The van der Waals surface area contributed by atoms with Gasteiger partial charge in [0.1, 0.15) is 6.04 Å². The van der Waals surface area contributed by atoms with Crippen LogP contribution >= 0.6 is 0 Å². The number of amides is 1. The monoisotopic (exact) mass is 262 g/mol. The van der Waals surface area contributed by atoms with Gasteiger partial charge in [0.05, 0.1) is 6.20 Å². The average Bonchev–Trinajstić information content (AvgIpc) is 2.98. The van der Waals surface area contributed by atoms with E-state index in [9.17, 15) is 4.79 Å². The van der Waals surface area contributed by atoms with Crippen LogP contribution < -0.4 is 11.1 Å². The van der Waals surface area contributed by atoms with Gasteiger partial charge < -0.3 is 11.1 Å². The van der Waals surface area contributed by atoms with E-state index in [0.717, 1.165) is 12.1 Å². The molecule has 0 bridgehead atoms. The molecule has 2 heterocycles. The van der Waals surface area contributed by atoms with Gasteiger partial charge in [-0.05, 0) is 6.07 Å². The van der Waals surface area contributed by atoms with Crippen molar-refractivity contribution >= 4 is 5.91 Å². The Morgan fingerprint density at radius 1 is 1.47 bits per heavy atom. The normalized spacial score (nSPS) is 12.4. The Morgan fingerprint density at radius 2 is 2.26 bits per heavy atom. The largest absolute Gasteiger partial charge is 0.354 e. The average molecular weight is 262 g/mol. The van der Waals surface area contributed by atoms with Gasteiger partial charge in [0, 0.05) is 50.7 Å². The number of nitrogens with two attached hydrogens (primary N) is 1. The number of aromatic nitrogens is 4. The first-order valence-electron chi connectivity index (χ1n) is 6.06. The molecule has 19 heavy (non-hydrogen) atoms. The van der Waals surface area contributed by atoms with Gasteiger partial charge in [0.15, 0.2) is 0 Å². The number of carbonyl (C=O) groups excluding carboxylic acids is 1. The number of nitrogens with zero attached hydrogens (tertiary/aromatic N) is 4. The Morgan fingerprint density at radius 3 is 2.84 bits per heavy atom. The number of nitrogens with one attached hydrogen (secondary N) is 1. The molecular formula is C12H18N6O. The molecule has 3 N–H and O–H groups in total. The minimum Gasteiger partial charge on any atom is -0.354 e. The van der Waals surface area contributed by atoms with Crippen LogP contribution in [-0.4, -0.2) is 32.0 Å². The second-order valence-corrected chi connectivity index (χ2v) is 4.41. The van der Waals surface area contributed by atoms with Gasteiger partial charge in [0.25, 0.3) is 0 Å². The molecule has 0 saturated heterocycles. The van der Waals surface area contributed by atoms with Crippen LogP contribution in [0.2, 0.25) is 0 Å². The van der Waals surface area contributed by atoms with Gasteiger partial charge in [-0.2, -0.15) is 10.2 Å². The summed E-state index contributed by atoms with van der Waals surface area (Å²) in [5.41, 5.74) is 7.63. The first-order chi connectivity index (χ1) is 9.08. The predicted molar refractivity (Wildman–Crippen MR) is 70.1 cm³/mol. The molecule has 1 atom stereocenters. The van der Waals surface area contributed by atoms with Crippen molar-refractivity contribution in [3.05, 3.63) is 35.9 Å². The van der Waals surface area contributed by atoms with Crippen LogP contribution in [0.25, 0.3) is 0 Å². The molecule has 0 radical (unpaired) electrons. The minimum absolute atomic E-state index is 0.199. The molecular weight excluding hydrogens is 244 g/mol. The van der Waals surface area contributed by atoms with E-state index < -0.39 is 6.04 Å². The summed E-state index contributed by atoms with van der Waals surface area (Å²) in [5, 5.41) is 10.9. The lowest BCUT2D eigenvalue weighted by molar-refractivity contribution is -0.122. The number of hydrogen-bond acceptors (Lipinski definition) is 4. The van der Waals surface area contributed by atoms with E-state index in [0.29, 0.717) is 12.1 Å². The maximum Gasteiger partial charge on any atom is 0.241 e. The molecule has 0 aliphatic rings. The molecule has 0 aliphatic heterocycles. The quantitative estimate of drug-likeness (QED) is 0.761. The Labute approximate surface area is 111 Å².